The van der Waals surface area contributed by atoms with Crippen LogP contribution in [-0.2, 0) is 20.7 Å². The molecule has 0 saturated heterocycles. The van der Waals surface area contributed by atoms with Crippen LogP contribution in [0.4, 0.5) is 0 Å². The molecule has 186 valence electrons. The number of hydrogen-bond acceptors (Lipinski definition) is 5. The molecule has 0 unspecified atom stereocenters. The van der Waals surface area contributed by atoms with Crippen molar-refractivity contribution in [2.75, 3.05) is 20.5 Å². The number of ether oxygens (including phenoxy) is 2. The lowest BCUT2D eigenvalue weighted by molar-refractivity contribution is -0.145. The summed E-state index contributed by atoms with van der Waals surface area (Å²) in [5, 5.41) is 2.86. The molecule has 1 N–H and O–H groups in total. The average molecular weight is 495 g/mol. The molecule has 2 aromatic carbocycles. The Morgan fingerprint density at radius 3 is 2.31 bits per heavy atom. The van der Waals surface area contributed by atoms with Gasteiger partial charge in [-0.25, -0.2) is 4.79 Å². The van der Waals surface area contributed by atoms with Crippen molar-refractivity contribution in [1.82, 2.24) is 9.88 Å². The Morgan fingerprint density at radius 1 is 1.00 bits per heavy atom. The second-order valence-electron chi connectivity index (χ2n) is 8.26. The van der Waals surface area contributed by atoms with Crippen molar-refractivity contribution in [3.63, 3.8) is 0 Å². The van der Waals surface area contributed by atoms with E-state index in [1.54, 1.807) is 18.9 Å². The van der Waals surface area contributed by atoms with Gasteiger partial charge in [0.05, 0.1) is 19.9 Å². The molecule has 1 amide bonds. The van der Waals surface area contributed by atoms with Gasteiger partial charge in [0.1, 0.15) is 11.8 Å². The normalized spacial score (nSPS) is 11.7. The Kier molecular flexibility index (Phi) is 9.85. The topological polar surface area (TPSA) is 69.6 Å². The van der Waals surface area contributed by atoms with Crippen LogP contribution in [0, 0.1) is 0 Å². The Hall–Kier alpha value is -3.19. The molecule has 0 fully saturated rings. The molecule has 3 rings (SSSR count). The number of esters is 1. The lowest BCUT2D eigenvalue weighted by atomic mass is 10.1. The number of amides is 1. The van der Waals surface area contributed by atoms with Gasteiger partial charge in [-0.05, 0) is 85.3 Å². The van der Waals surface area contributed by atoms with Gasteiger partial charge in [0.25, 0.3) is 0 Å². The number of methoxy groups -OCH3 is 2. The highest BCUT2D eigenvalue weighted by Gasteiger charge is 2.21. The molecule has 0 spiro atoms. The molecule has 0 aliphatic rings. The van der Waals surface area contributed by atoms with Crippen molar-refractivity contribution in [3.8, 4) is 22.7 Å². The van der Waals surface area contributed by atoms with Crippen LogP contribution in [0.2, 0.25) is 0 Å². The third-order valence-corrected chi connectivity index (χ3v) is 6.70. The molecule has 1 atom stereocenters. The van der Waals surface area contributed by atoms with Crippen LogP contribution < -0.4 is 10.1 Å². The number of thioether (sulfide) groups is 1. The zero-order chi connectivity index (χ0) is 25.2. The predicted molar refractivity (Wildman–Crippen MR) is 141 cm³/mol. The van der Waals surface area contributed by atoms with E-state index in [2.05, 4.69) is 59.5 Å². The third-order valence-electron chi connectivity index (χ3n) is 5.95. The summed E-state index contributed by atoms with van der Waals surface area (Å²) in [7, 11) is 3.00. The van der Waals surface area contributed by atoms with E-state index in [4.69, 9.17) is 9.47 Å². The highest BCUT2D eigenvalue weighted by molar-refractivity contribution is 7.98. The van der Waals surface area contributed by atoms with E-state index in [9.17, 15) is 9.59 Å². The monoisotopic (exact) mass is 494 g/mol. The molecular weight excluding hydrogens is 460 g/mol. The summed E-state index contributed by atoms with van der Waals surface area (Å²) in [6, 6.07) is 19.9. The van der Waals surface area contributed by atoms with Crippen molar-refractivity contribution in [2.45, 2.75) is 50.0 Å². The summed E-state index contributed by atoms with van der Waals surface area (Å²) in [4.78, 5) is 26.0. The third kappa shape index (κ3) is 6.92. The second-order valence-corrected chi connectivity index (χ2v) is 9.14. The molecule has 3 aromatic rings. The van der Waals surface area contributed by atoms with Crippen LogP contribution in [0.15, 0.2) is 65.6 Å². The van der Waals surface area contributed by atoms with Crippen LogP contribution in [0.5, 0.6) is 5.75 Å². The van der Waals surface area contributed by atoms with E-state index in [0.29, 0.717) is 12.8 Å². The molecule has 7 heteroatoms. The van der Waals surface area contributed by atoms with Crippen molar-refractivity contribution >= 4 is 23.6 Å². The van der Waals surface area contributed by atoms with E-state index < -0.39 is 12.0 Å². The van der Waals surface area contributed by atoms with E-state index >= 15 is 0 Å². The van der Waals surface area contributed by atoms with Crippen LogP contribution in [-0.4, -0.2) is 43.0 Å². The number of carbonyl (C=O) groups is 2. The van der Waals surface area contributed by atoms with Gasteiger partial charge in [0, 0.05) is 22.7 Å². The van der Waals surface area contributed by atoms with Crippen LogP contribution >= 0.6 is 11.8 Å². The molecule has 0 saturated carbocycles. The van der Waals surface area contributed by atoms with Gasteiger partial charge in [-0.3, -0.25) is 4.79 Å². The number of rotatable bonds is 12. The van der Waals surface area contributed by atoms with E-state index in [1.165, 1.54) is 12.0 Å². The van der Waals surface area contributed by atoms with Gasteiger partial charge in [0.15, 0.2) is 0 Å². The van der Waals surface area contributed by atoms with Gasteiger partial charge in [-0.15, -0.1) is 11.8 Å². The molecule has 0 radical (unpaired) electrons. The minimum absolute atomic E-state index is 0.159. The number of nitrogens with zero attached hydrogens (tertiary/aromatic N) is 1. The zero-order valence-electron chi connectivity index (χ0n) is 20.9. The fraction of sp³-hybridized carbons (Fsp3) is 0.357. The van der Waals surface area contributed by atoms with E-state index in [0.717, 1.165) is 41.2 Å². The van der Waals surface area contributed by atoms with Gasteiger partial charge < -0.3 is 19.4 Å². The lowest BCUT2D eigenvalue weighted by Gasteiger charge is -2.17. The first kappa shape index (κ1) is 26.4. The van der Waals surface area contributed by atoms with E-state index in [-0.39, 0.29) is 12.3 Å². The second kappa shape index (κ2) is 13.0. The van der Waals surface area contributed by atoms with Crippen LogP contribution in [0.3, 0.4) is 0 Å². The summed E-state index contributed by atoms with van der Waals surface area (Å²) in [5.74, 6) is 0.245. The smallest absolute Gasteiger partial charge is 0.328 e. The van der Waals surface area contributed by atoms with E-state index in [1.807, 2.05) is 24.3 Å². The number of unbranched alkanes of at least 4 members (excludes halogenated alkanes) is 1. The van der Waals surface area contributed by atoms with Gasteiger partial charge in [0.2, 0.25) is 5.91 Å². The highest BCUT2D eigenvalue weighted by Crippen LogP contribution is 2.29. The maximum atomic E-state index is 12.7. The quantitative estimate of drug-likeness (QED) is 0.260. The number of carbonyl (C=O) groups excluding carboxylic acids is 2. The molecule has 35 heavy (non-hydrogen) atoms. The van der Waals surface area contributed by atoms with Crippen molar-refractivity contribution in [1.29, 1.82) is 0 Å². The average Bonchev–Trinajstić information content (AvgIpc) is 3.33. The Labute approximate surface area is 212 Å². The predicted octanol–water partition coefficient (Wildman–Crippen LogP) is 5.66. The number of benzene rings is 2. The number of nitrogens with one attached hydrogen (secondary N) is 1. The molecule has 0 aliphatic heterocycles. The minimum Gasteiger partial charge on any atom is -0.497 e. The van der Waals surface area contributed by atoms with Crippen molar-refractivity contribution in [2.24, 2.45) is 0 Å². The molecule has 1 heterocycles. The van der Waals surface area contributed by atoms with Crippen molar-refractivity contribution in [3.05, 3.63) is 66.4 Å². The maximum absolute atomic E-state index is 12.7. The number of aryl methyl sites for hydroxylation is 1. The Balaban J connectivity index is 1.84. The minimum atomic E-state index is -0.604. The van der Waals surface area contributed by atoms with Gasteiger partial charge in [-0.2, -0.15) is 0 Å². The summed E-state index contributed by atoms with van der Waals surface area (Å²) >= 11 is 1.70. The largest absolute Gasteiger partial charge is 0.497 e. The zero-order valence-corrected chi connectivity index (χ0v) is 21.7. The van der Waals surface area contributed by atoms with Gasteiger partial charge >= 0.3 is 5.97 Å². The lowest BCUT2D eigenvalue weighted by Crippen LogP contribution is -2.41. The highest BCUT2D eigenvalue weighted by atomic mass is 32.2. The standard InChI is InChI=1S/C28H34N2O4S/c1-5-6-7-25(28(32)34-3)29-27(31)19-13-22-12-18-26(20-8-14-23(33-2)15-9-20)30(22)21-10-16-24(35-4)17-11-21/h8-12,14-18,25H,5-7,13,19H2,1-4H3,(H,29,31)/t25-/m0/s1. The Bertz CT molecular complexity index is 1110. The van der Waals surface area contributed by atoms with Crippen LogP contribution in [0.1, 0.15) is 38.3 Å². The number of aromatic nitrogens is 1. The maximum Gasteiger partial charge on any atom is 0.328 e. The summed E-state index contributed by atoms with van der Waals surface area (Å²) < 4.78 is 12.4. The summed E-state index contributed by atoms with van der Waals surface area (Å²) in [6.45, 7) is 2.05. The van der Waals surface area contributed by atoms with Crippen molar-refractivity contribution < 1.29 is 19.1 Å². The van der Waals surface area contributed by atoms with Gasteiger partial charge in [-0.1, -0.05) is 19.8 Å². The van der Waals surface area contributed by atoms with Crippen LogP contribution in [0.25, 0.3) is 16.9 Å². The Morgan fingerprint density at radius 2 is 1.71 bits per heavy atom. The summed E-state index contributed by atoms with van der Waals surface area (Å²) in [5.41, 5.74) is 4.14. The first-order valence-corrected chi connectivity index (χ1v) is 13.1. The fourth-order valence-corrected chi connectivity index (χ4v) is 4.41. The first-order valence-electron chi connectivity index (χ1n) is 11.9. The molecular formula is C28H34N2O4S. The molecule has 1 aromatic heterocycles. The number of hydrogen-bond donors (Lipinski definition) is 1. The molecule has 0 bridgehead atoms. The molecule has 6 nitrogen and oxygen atoms in total. The molecule has 0 aliphatic carbocycles. The summed E-state index contributed by atoms with van der Waals surface area (Å²) in [6.07, 6.45) is 5.23. The SMILES string of the molecule is CCCC[C@H](NC(=O)CCc1ccc(-c2ccc(OC)cc2)n1-c1ccc(SC)cc1)C(=O)OC. The first-order chi connectivity index (χ1) is 17.0. The fourth-order valence-electron chi connectivity index (χ4n) is 4.00.